The molecule has 2 heteroatoms. The van der Waals surface area contributed by atoms with E-state index < -0.39 is 0 Å². The molecule has 0 atom stereocenters. The quantitative estimate of drug-likeness (QED) is 0.382. The molecule has 3 aromatic carbocycles. The van der Waals surface area contributed by atoms with E-state index in [1.807, 2.05) is 30.3 Å². The van der Waals surface area contributed by atoms with Gasteiger partial charge in [-0.05, 0) is 41.4 Å². The normalized spacial score (nSPS) is 11.9. The highest BCUT2D eigenvalue weighted by atomic mass is 35.5. The lowest BCUT2D eigenvalue weighted by atomic mass is 10.0. The van der Waals surface area contributed by atoms with Crippen LogP contribution in [0.4, 0.5) is 0 Å². The second-order valence-electron chi connectivity index (χ2n) is 4.74. The molecule has 0 bridgehead atoms. The molecule has 0 saturated heterocycles. The smallest absolute Gasteiger partial charge is 0.0638 e. The Kier molecular flexibility index (Phi) is 2.52. The van der Waals surface area contributed by atoms with Gasteiger partial charge < -0.3 is 0 Å². The van der Waals surface area contributed by atoms with Gasteiger partial charge in [0.15, 0.2) is 0 Å². The van der Waals surface area contributed by atoms with E-state index in [1.165, 1.54) is 10.1 Å². The molecule has 4 rings (SSSR count). The maximum atomic E-state index is 8.04. The van der Waals surface area contributed by atoms with Crippen molar-refractivity contribution >= 4 is 43.1 Å². The molecule has 0 spiro atoms. The van der Waals surface area contributed by atoms with Crippen LogP contribution in [0.25, 0.3) is 31.3 Å². The maximum absolute atomic E-state index is 8.04. The Morgan fingerprint density at radius 3 is 2.60 bits per heavy atom. The van der Waals surface area contributed by atoms with E-state index in [1.54, 1.807) is 11.3 Å². The zero-order chi connectivity index (χ0) is 14.4. The Labute approximate surface area is 127 Å². The molecule has 0 aliphatic carbocycles. The Morgan fingerprint density at radius 1 is 0.800 bits per heavy atom. The van der Waals surface area contributed by atoms with E-state index in [0.717, 1.165) is 26.2 Å². The van der Waals surface area contributed by atoms with Gasteiger partial charge >= 0.3 is 0 Å². The fraction of sp³-hybridized carbons (Fsp3) is 0. The van der Waals surface area contributed by atoms with E-state index in [2.05, 4.69) is 30.3 Å². The Morgan fingerprint density at radius 2 is 1.70 bits per heavy atom. The molecule has 1 aromatic heterocycles. The molecule has 0 nitrogen and oxygen atoms in total. The molecule has 0 amide bonds. The standard InChI is InChI=1S/C18H11ClS/c19-14-5-3-4-12(10-14)13-8-9-18-16(11-13)15-6-1-2-7-17(15)20-18/h1-11H/i7D. The highest BCUT2D eigenvalue weighted by Gasteiger charge is 2.06. The molecule has 0 radical (unpaired) electrons. The van der Waals surface area contributed by atoms with Crippen molar-refractivity contribution in [1.82, 2.24) is 0 Å². The minimum atomic E-state index is 0.595. The third kappa shape index (κ3) is 1.91. The van der Waals surface area contributed by atoms with Crippen molar-refractivity contribution in [1.29, 1.82) is 0 Å². The highest BCUT2D eigenvalue weighted by molar-refractivity contribution is 7.25. The van der Waals surface area contributed by atoms with Gasteiger partial charge in [0.2, 0.25) is 0 Å². The summed E-state index contributed by atoms with van der Waals surface area (Å²) in [6.45, 7) is 0. The van der Waals surface area contributed by atoms with E-state index in [-0.39, 0.29) is 0 Å². The first kappa shape index (κ1) is 10.9. The van der Waals surface area contributed by atoms with Crippen LogP contribution in [0.5, 0.6) is 0 Å². The fourth-order valence-corrected chi connectivity index (χ4v) is 3.75. The predicted octanol–water partition coefficient (Wildman–Crippen LogP) is 6.37. The van der Waals surface area contributed by atoms with Crippen LogP contribution in [0.1, 0.15) is 1.37 Å². The van der Waals surface area contributed by atoms with Crippen molar-refractivity contribution in [2.75, 3.05) is 0 Å². The summed E-state index contributed by atoms with van der Waals surface area (Å²) in [4.78, 5) is 0. The summed E-state index contributed by atoms with van der Waals surface area (Å²) in [6.07, 6.45) is 0. The maximum Gasteiger partial charge on any atom is 0.0638 e. The van der Waals surface area contributed by atoms with Gasteiger partial charge in [-0.15, -0.1) is 11.3 Å². The summed E-state index contributed by atoms with van der Waals surface area (Å²) in [7, 11) is 0. The molecule has 4 aromatic rings. The summed E-state index contributed by atoms with van der Waals surface area (Å²) >= 11 is 7.77. The van der Waals surface area contributed by atoms with Crippen LogP contribution in [0.2, 0.25) is 5.02 Å². The third-order valence-corrected chi connectivity index (χ3v) is 4.81. The first-order valence-corrected chi connectivity index (χ1v) is 7.60. The van der Waals surface area contributed by atoms with Crippen LogP contribution in [-0.2, 0) is 0 Å². The number of hydrogen-bond acceptors (Lipinski definition) is 1. The van der Waals surface area contributed by atoms with Crippen molar-refractivity contribution in [3.63, 3.8) is 0 Å². The average molecular weight is 296 g/mol. The lowest BCUT2D eigenvalue weighted by Gasteiger charge is -2.03. The molecule has 0 unspecified atom stereocenters. The minimum Gasteiger partial charge on any atom is -0.135 e. The lowest BCUT2D eigenvalue weighted by Crippen LogP contribution is -1.77. The van der Waals surface area contributed by atoms with Crippen LogP contribution in [0.15, 0.2) is 66.7 Å². The van der Waals surface area contributed by atoms with Gasteiger partial charge in [-0.1, -0.05) is 48.0 Å². The first-order valence-electron chi connectivity index (χ1n) is 6.90. The monoisotopic (exact) mass is 295 g/mol. The van der Waals surface area contributed by atoms with E-state index in [9.17, 15) is 0 Å². The number of halogens is 1. The third-order valence-electron chi connectivity index (χ3n) is 3.46. The van der Waals surface area contributed by atoms with Crippen LogP contribution >= 0.6 is 22.9 Å². The summed E-state index contributed by atoms with van der Waals surface area (Å²) in [5, 5.41) is 3.11. The number of hydrogen-bond donors (Lipinski definition) is 0. The minimum absolute atomic E-state index is 0.595. The molecule has 0 aliphatic heterocycles. The zero-order valence-electron chi connectivity index (χ0n) is 11.6. The van der Waals surface area contributed by atoms with Crippen molar-refractivity contribution in [2.45, 2.75) is 0 Å². The number of benzene rings is 3. The summed E-state index contributed by atoms with van der Waals surface area (Å²) < 4.78 is 10.3. The second-order valence-corrected chi connectivity index (χ2v) is 6.22. The molecule has 0 fully saturated rings. The number of fused-ring (bicyclic) bond motifs is 3. The van der Waals surface area contributed by atoms with Gasteiger partial charge in [-0.3, -0.25) is 0 Å². The molecular formula is C18H11ClS. The van der Waals surface area contributed by atoms with Crippen molar-refractivity contribution in [3.05, 3.63) is 71.7 Å². The Hall–Kier alpha value is -1.83. The molecule has 1 heterocycles. The molecule has 0 aliphatic rings. The number of thiophene rings is 1. The summed E-state index contributed by atoms with van der Waals surface area (Å²) in [6, 6.07) is 20.8. The number of rotatable bonds is 1. The second kappa shape index (κ2) is 4.62. The Bertz CT molecular complexity index is 971. The molecular weight excluding hydrogens is 284 g/mol. The highest BCUT2D eigenvalue weighted by Crippen LogP contribution is 2.36. The van der Waals surface area contributed by atoms with Crippen LogP contribution in [0.3, 0.4) is 0 Å². The van der Waals surface area contributed by atoms with E-state index in [4.69, 9.17) is 13.0 Å². The van der Waals surface area contributed by atoms with Gasteiger partial charge in [-0.2, -0.15) is 0 Å². The Balaban J connectivity index is 2.01. The van der Waals surface area contributed by atoms with Gasteiger partial charge in [0.25, 0.3) is 0 Å². The topological polar surface area (TPSA) is 0 Å². The van der Waals surface area contributed by atoms with Crippen molar-refractivity contribution in [2.24, 2.45) is 0 Å². The van der Waals surface area contributed by atoms with Crippen LogP contribution in [-0.4, -0.2) is 0 Å². The lowest BCUT2D eigenvalue weighted by molar-refractivity contribution is 1.65. The van der Waals surface area contributed by atoms with Gasteiger partial charge in [0.05, 0.1) is 1.37 Å². The van der Waals surface area contributed by atoms with Gasteiger partial charge in [0, 0.05) is 25.2 Å². The molecule has 20 heavy (non-hydrogen) atoms. The summed E-state index contributed by atoms with van der Waals surface area (Å²) in [5.41, 5.74) is 2.27. The summed E-state index contributed by atoms with van der Waals surface area (Å²) in [5.74, 6) is 0. The van der Waals surface area contributed by atoms with Crippen molar-refractivity contribution in [3.8, 4) is 11.1 Å². The van der Waals surface area contributed by atoms with Crippen molar-refractivity contribution < 1.29 is 1.37 Å². The zero-order valence-corrected chi connectivity index (χ0v) is 12.1. The molecule has 96 valence electrons. The van der Waals surface area contributed by atoms with Crippen LogP contribution < -0.4 is 0 Å². The first-order chi connectivity index (χ1) is 10.2. The van der Waals surface area contributed by atoms with Gasteiger partial charge in [-0.25, -0.2) is 0 Å². The predicted molar refractivity (Wildman–Crippen MR) is 89.8 cm³/mol. The SMILES string of the molecule is [2H]c1cccc2c1sc1ccc(-c3cccc(Cl)c3)cc12. The average Bonchev–Trinajstić information content (AvgIpc) is 2.87. The molecule has 0 N–H and O–H groups in total. The fourth-order valence-electron chi connectivity index (χ4n) is 2.51. The van der Waals surface area contributed by atoms with Crippen LogP contribution in [0, 0.1) is 0 Å². The van der Waals surface area contributed by atoms with Gasteiger partial charge in [0.1, 0.15) is 0 Å². The van der Waals surface area contributed by atoms with E-state index >= 15 is 0 Å². The van der Waals surface area contributed by atoms with E-state index in [0.29, 0.717) is 6.04 Å². The largest absolute Gasteiger partial charge is 0.135 e. The molecule has 0 saturated carbocycles.